The fourth-order valence-electron chi connectivity index (χ4n) is 2.28. The number of aliphatic carboxylic acids is 1. The van der Waals surface area contributed by atoms with E-state index in [9.17, 15) is 4.79 Å². The molecule has 21 heavy (non-hydrogen) atoms. The molecule has 0 aliphatic rings. The summed E-state index contributed by atoms with van der Waals surface area (Å²) in [6.07, 6.45) is 1.63. The van der Waals surface area contributed by atoms with Crippen LogP contribution >= 0.6 is 11.8 Å². The van der Waals surface area contributed by atoms with Crippen LogP contribution in [0.3, 0.4) is 0 Å². The summed E-state index contributed by atoms with van der Waals surface area (Å²) < 4.78 is 7.49. The molecular formula is C15H14N2O3S. The van der Waals surface area contributed by atoms with Gasteiger partial charge >= 0.3 is 5.97 Å². The third kappa shape index (κ3) is 2.67. The molecule has 0 fully saturated rings. The maximum absolute atomic E-state index is 10.8. The Hall–Kier alpha value is -2.21. The number of carbonyl (C=O) groups is 1. The van der Waals surface area contributed by atoms with Crippen molar-refractivity contribution in [3.05, 3.63) is 48.4 Å². The van der Waals surface area contributed by atoms with Crippen LogP contribution in [0.2, 0.25) is 0 Å². The molecule has 2 heterocycles. The fourth-order valence-corrected chi connectivity index (χ4v) is 3.09. The van der Waals surface area contributed by atoms with E-state index in [4.69, 9.17) is 9.52 Å². The molecular weight excluding hydrogens is 288 g/mol. The molecule has 0 aliphatic heterocycles. The predicted molar refractivity (Wildman–Crippen MR) is 80.6 cm³/mol. The van der Waals surface area contributed by atoms with Gasteiger partial charge in [-0.1, -0.05) is 23.9 Å². The maximum atomic E-state index is 10.8. The first kappa shape index (κ1) is 13.8. The van der Waals surface area contributed by atoms with Crippen LogP contribution in [-0.4, -0.2) is 26.4 Å². The maximum Gasteiger partial charge on any atom is 0.313 e. The quantitative estimate of drug-likeness (QED) is 0.731. The largest absolute Gasteiger partial charge is 0.481 e. The first-order valence-electron chi connectivity index (χ1n) is 6.52. The van der Waals surface area contributed by atoms with Crippen LogP contribution in [0.25, 0.3) is 11.0 Å². The lowest BCUT2D eigenvalue weighted by molar-refractivity contribution is -0.133. The molecule has 0 amide bonds. The Morgan fingerprint density at radius 2 is 2.19 bits per heavy atom. The highest BCUT2D eigenvalue weighted by molar-refractivity contribution is 7.99. The zero-order valence-corrected chi connectivity index (χ0v) is 12.2. The van der Waals surface area contributed by atoms with Gasteiger partial charge in [0.05, 0.1) is 29.1 Å². The molecule has 0 bridgehead atoms. The molecule has 1 atom stereocenters. The molecule has 0 saturated heterocycles. The SMILES string of the molecule is CC(c1ccco1)n1c(SCC(=O)O)nc2ccccc21. The van der Waals surface area contributed by atoms with E-state index in [1.54, 1.807) is 6.26 Å². The predicted octanol–water partition coefficient (Wildman–Crippen LogP) is 3.42. The van der Waals surface area contributed by atoms with Crippen LogP contribution in [0.5, 0.6) is 0 Å². The van der Waals surface area contributed by atoms with Gasteiger partial charge in [-0.3, -0.25) is 4.79 Å². The van der Waals surface area contributed by atoms with E-state index in [0.29, 0.717) is 5.16 Å². The van der Waals surface area contributed by atoms with E-state index in [0.717, 1.165) is 16.8 Å². The minimum atomic E-state index is -0.857. The Morgan fingerprint density at radius 3 is 2.90 bits per heavy atom. The first-order chi connectivity index (χ1) is 10.2. The Labute approximate surface area is 125 Å². The third-order valence-electron chi connectivity index (χ3n) is 3.23. The monoisotopic (exact) mass is 302 g/mol. The van der Waals surface area contributed by atoms with Gasteiger partial charge in [0.25, 0.3) is 0 Å². The standard InChI is InChI=1S/C15H14N2O3S/c1-10(13-7-4-8-20-13)17-12-6-3-2-5-11(12)16-15(17)21-9-14(18)19/h2-8,10H,9H2,1H3,(H,18,19). The molecule has 1 unspecified atom stereocenters. The number of carboxylic acid groups (broad SMARTS) is 1. The summed E-state index contributed by atoms with van der Waals surface area (Å²) in [6.45, 7) is 2.01. The number of para-hydroxylation sites is 2. The van der Waals surface area contributed by atoms with Crippen molar-refractivity contribution in [2.45, 2.75) is 18.1 Å². The van der Waals surface area contributed by atoms with Crippen LogP contribution in [0.1, 0.15) is 18.7 Å². The number of hydrogen-bond donors (Lipinski definition) is 1. The van der Waals surface area contributed by atoms with Crippen molar-refractivity contribution in [3.63, 3.8) is 0 Å². The first-order valence-corrected chi connectivity index (χ1v) is 7.50. The highest BCUT2D eigenvalue weighted by Crippen LogP contribution is 2.31. The molecule has 3 rings (SSSR count). The lowest BCUT2D eigenvalue weighted by atomic mass is 10.2. The van der Waals surface area contributed by atoms with Crippen molar-refractivity contribution in [2.24, 2.45) is 0 Å². The molecule has 0 spiro atoms. The van der Waals surface area contributed by atoms with Gasteiger partial charge in [-0.25, -0.2) is 4.98 Å². The number of nitrogens with zero attached hydrogens (tertiary/aromatic N) is 2. The van der Waals surface area contributed by atoms with Crippen molar-refractivity contribution in [3.8, 4) is 0 Å². The van der Waals surface area contributed by atoms with E-state index in [-0.39, 0.29) is 11.8 Å². The Kier molecular flexibility index (Phi) is 3.70. The summed E-state index contributed by atoms with van der Waals surface area (Å²) >= 11 is 1.22. The normalized spacial score (nSPS) is 12.6. The van der Waals surface area contributed by atoms with Crippen molar-refractivity contribution >= 4 is 28.8 Å². The minimum Gasteiger partial charge on any atom is -0.481 e. The van der Waals surface area contributed by atoms with Gasteiger partial charge in [-0.2, -0.15) is 0 Å². The molecule has 0 aliphatic carbocycles. The number of benzene rings is 1. The highest BCUT2D eigenvalue weighted by Gasteiger charge is 2.19. The number of rotatable bonds is 5. The van der Waals surface area contributed by atoms with E-state index in [1.807, 2.05) is 47.9 Å². The van der Waals surface area contributed by atoms with Crippen molar-refractivity contribution < 1.29 is 14.3 Å². The number of fused-ring (bicyclic) bond motifs is 1. The second kappa shape index (κ2) is 5.65. The summed E-state index contributed by atoms with van der Waals surface area (Å²) in [5.41, 5.74) is 1.82. The summed E-state index contributed by atoms with van der Waals surface area (Å²) in [5, 5.41) is 9.57. The Balaban J connectivity index is 2.08. The van der Waals surface area contributed by atoms with Gasteiger partial charge in [-0.05, 0) is 31.2 Å². The van der Waals surface area contributed by atoms with Gasteiger partial charge in [0, 0.05) is 0 Å². The van der Waals surface area contributed by atoms with E-state index in [2.05, 4.69) is 4.98 Å². The third-order valence-corrected chi connectivity index (χ3v) is 4.17. The molecule has 3 aromatic rings. The van der Waals surface area contributed by atoms with Crippen LogP contribution in [0.4, 0.5) is 0 Å². The van der Waals surface area contributed by atoms with Crippen LogP contribution in [-0.2, 0) is 4.79 Å². The number of furan rings is 1. The second-order valence-corrected chi connectivity index (χ2v) is 5.57. The van der Waals surface area contributed by atoms with Crippen molar-refractivity contribution in [1.82, 2.24) is 9.55 Å². The Bertz CT molecular complexity index is 764. The number of thioether (sulfide) groups is 1. The smallest absolute Gasteiger partial charge is 0.313 e. The summed E-state index contributed by atoms with van der Waals surface area (Å²) in [7, 11) is 0. The van der Waals surface area contributed by atoms with Gasteiger partial charge in [-0.15, -0.1) is 0 Å². The van der Waals surface area contributed by atoms with Crippen molar-refractivity contribution in [1.29, 1.82) is 0 Å². The molecule has 0 saturated carbocycles. The number of imidazole rings is 1. The van der Waals surface area contributed by atoms with Crippen LogP contribution in [0.15, 0.2) is 52.2 Å². The molecule has 5 nitrogen and oxygen atoms in total. The van der Waals surface area contributed by atoms with Gasteiger partial charge in [0.1, 0.15) is 5.76 Å². The lowest BCUT2D eigenvalue weighted by Gasteiger charge is -2.14. The molecule has 1 aromatic carbocycles. The topological polar surface area (TPSA) is 68.3 Å². The van der Waals surface area contributed by atoms with E-state index >= 15 is 0 Å². The zero-order valence-electron chi connectivity index (χ0n) is 11.4. The molecule has 2 aromatic heterocycles. The number of aromatic nitrogens is 2. The summed E-state index contributed by atoms with van der Waals surface area (Å²) in [4.78, 5) is 15.4. The van der Waals surface area contributed by atoms with Gasteiger partial charge < -0.3 is 14.1 Å². The average Bonchev–Trinajstić information content (AvgIpc) is 3.11. The molecule has 1 N–H and O–H groups in total. The molecule has 108 valence electrons. The number of carboxylic acids is 1. The lowest BCUT2D eigenvalue weighted by Crippen LogP contribution is -2.08. The minimum absolute atomic E-state index is 0.0196. The van der Waals surface area contributed by atoms with Crippen molar-refractivity contribution in [2.75, 3.05) is 5.75 Å². The van der Waals surface area contributed by atoms with E-state index < -0.39 is 5.97 Å². The van der Waals surface area contributed by atoms with Gasteiger partial charge in [0.15, 0.2) is 5.16 Å². The summed E-state index contributed by atoms with van der Waals surface area (Å²) in [5.74, 6) is -0.0617. The van der Waals surface area contributed by atoms with Crippen LogP contribution < -0.4 is 0 Å². The van der Waals surface area contributed by atoms with Gasteiger partial charge in [0.2, 0.25) is 0 Å². The average molecular weight is 302 g/mol. The zero-order chi connectivity index (χ0) is 14.8. The molecule has 6 heteroatoms. The summed E-state index contributed by atoms with van der Waals surface area (Å²) in [6, 6.07) is 11.5. The fraction of sp³-hybridized carbons (Fsp3) is 0.200. The van der Waals surface area contributed by atoms with Crippen LogP contribution in [0, 0.1) is 0 Å². The number of hydrogen-bond acceptors (Lipinski definition) is 4. The Morgan fingerprint density at radius 1 is 1.38 bits per heavy atom. The highest BCUT2D eigenvalue weighted by atomic mass is 32.2. The molecule has 0 radical (unpaired) electrons. The second-order valence-electron chi connectivity index (χ2n) is 4.63. The van der Waals surface area contributed by atoms with E-state index in [1.165, 1.54) is 11.8 Å².